The highest BCUT2D eigenvalue weighted by Gasteiger charge is 2.16. The largest absolute Gasteiger partial charge is 0.309 e. The lowest BCUT2D eigenvalue weighted by molar-refractivity contribution is 1.09. The van der Waals surface area contributed by atoms with Gasteiger partial charge in [-0.3, -0.25) is 0 Å². The van der Waals surface area contributed by atoms with Gasteiger partial charge in [0.15, 0.2) is 0 Å². The van der Waals surface area contributed by atoms with Gasteiger partial charge in [0.2, 0.25) is 0 Å². The number of benzene rings is 6. The molecule has 0 fully saturated rings. The Hall–Kier alpha value is -5.08. The Labute approximate surface area is 246 Å². The van der Waals surface area contributed by atoms with E-state index in [1.807, 2.05) is 0 Å². The van der Waals surface area contributed by atoms with Crippen molar-refractivity contribution in [3.05, 3.63) is 145 Å². The van der Waals surface area contributed by atoms with E-state index in [9.17, 15) is 0 Å². The second kappa shape index (κ2) is 9.78. The van der Waals surface area contributed by atoms with Crippen molar-refractivity contribution in [3.63, 3.8) is 0 Å². The van der Waals surface area contributed by atoms with Gasteiger partial charge in [0.05, 0.1) is 22.1 Å². The monoisotopic (exact) mass is 540 g/mol. The molecule has 0 saturated carbocycles. The number of aryl methyl sites for hydroxylation is 2. The zero-order chi connectivity index (χ0) is 28.2. The molecular weight excluding hydrogens is 508 g/mol. The van der Waals surface area contributed by atoms with Crippen molar-refractivity contribution in [2.75, 3.05) is 0 Å². The molecule has 0 aliphatic carbocycles. The van der Waals surface area contributed by atoms with Crippen molar-refractivity contribution in [2.24, 2.45) is 0 Å². The third-order valence-corrected chi connectivity index (χ3v) is 8.91. The molecule has 202 valence electrons. The summed E-state index contributed by atoms with van der Waals surface area (Å²) >= 11 is 0. The molecule has 6 aromatic carbocycles. The second-order valence-electron chi connectivity index (χ2n) is 11.1. The number of fused-ring (bicyclic) bond motifs is 6. The Morgan fingerprint density at radius 2 is 0.690 bits per heavy atom. The molecule has 0 bridgehead atoms. The molecule has 0 spiro atoms. The van der Waals surface area contributed by atoms with Gasteiger partial charge in [-0.2, -0.15) is 0 Å². The van der Waals surface area contributed by atoms with Crippen LogP contribution >= 0.6 is 0 Å². The molecule has 0 amide bonds. The predicted molar refractivity (Wildman–Crippen MR) is 179 cm³/mol. The zero-order valence-corrected chi connectivity index (χ0v) is 24.0. The third kappa shape index (κ3) is 3.65. The number of hydrogen-bond donors (Lipinski definition) is 0. The summed E-state index contributed by atoms with van der Waals surface area (Å²) in [6, 6.07) is 49.0. The first-order valence-corrected chi connectivity index (χ1v) is 15.0. The fourth-order valence-electron chi connectivity index (χ4n) is 6.95. The zero-order valence-electron chi connectivity index (χ0n) is 24.0. The van der Waals surface area contributed by atoms with Gasteiger partial charge in [-0.15, -0.1) is 0 Å². The van der Waals surface area contributed by atoms with Crippen molar-refractivity contribution in [1.82, 2.24) is 9.13 Å². The molecule has 0 N–H and O–H groups in total. The summed E-state index contributed by atoms with van der Waals surface area (Å²) in [5, 5.41) is 5.18. The highest BCUT2D eigenvalue weighted by atomic mass is 15.0. The fourth-order valence-corrected chi connectivity index (χ4v) is 6.95. The van der Waals surface area contributed by atoms with Crippen LogP contribution in [0.1, 0.15) is 25.0 Å². The predicted octanol–water partition coefficient (Wildman–Crippen LogP) is 10.7. The molecule has 2 nitrogen and oxygen atoms in total. The van der Waals surface area contributed by atoms with Crippen LogP contribution in [0.4, 0.5) is 0 Å². The minimum Gasteiger partial charge on any atom is -0.309 e. The van der Waals surface area contributed by atoms with Crippen LogP contribution in [-0.4, -0.2) is 9.13 Å². The van der Waals surface area contributed by atoms with E-state index < -0.39 is 0 Å². The smallest absolute Gasteiger partial charge is 0.0541 e. The highest BCUT2D eigenvalue weighted by molar-refractivity contribution is 6.10. The van der Waals surface area contributed by atoms with Crippen LogP contribution in [0.5, 0.6) is 0 Å². The molecule has 2 heterocycles. The summed E-state index contributed by atoms with van der Waals surface area (Å²) in [5.74, 6) is 0. The van der Waals surface area contributed by atoms with Crippen LogP contribution in [0.3, 0.4) is 0 Å². The van der Waals surface area contributed by atoms with Crippen molar-refractivity contribution < 1.29 is 0 Å². The van der Waals surface area contributed by atoms with Crippen LogP contribution < -0.4 is 0 Å². The minimum atomic E-state index is 0.970. The molecule has 42 heavy (non-hydrogen) atoms. The van der Waals surface area contributed by atoms with E-state index in [-0.39, 0.29) is 0 Å². The van der Waals surface area contributed by atoms with Crippen LogP contribution in [0.25, 0.3) is 66.1 Å². The normalized spacial score (nSPS) is 11.8. The van der Waals surface area contributed by atoms with Gasteiger partial charge < -0.3 is 9.13 Å². The summed E-state index contributed by atoms with van der Waals surface area (Å²) in [6.45, 7) is 4.54. The molecule has 0 atom stereocenters. The van der Waals surface area contributed by atoms with E-state index in [2.05, 4.69) is 156 Å². The number of para-hydroxylation sites is 4. The average molecular weight is 541 g/mol. The van der Waals surface area contributed by atoms with E-state index in [0.717, 1.165) is 12.8 Å². The maximum atomic E-state index is 2.42. The molecule has 2 aromatic heterocycles. The van der Waals surface area contributed by atoms with Gasteiger partial charge in [-0.1, -0.05) is 98.8 Å². The summed E-state index contributed by atoms with van der Waals surface area (Å²) in [4.78, 5) is 0. The van der Waals surface area contributed by atoms with Gasteiger partial charge in [0.25, 0.3) is 0 Å². The Bertz CT molecular complexity index is 2010. The van der Waals surface area contributed by atoms with Crippen LogP contribution in [0.15, 0.2) is 133 Å². The number of rotatable bonds is 5. The van der Waals surface area contributed by atoms with Crippen molar-refractivity contribution in [1.29, 1.82) is 0 Å². The second-order valence-corrected chi connectivity index (χ2v) is 11.1. The Kier molecular flexibility index (Phi) is 5.75. The van der Waals surface area contributed by atoms with E-state index in [1.165, 1.54) is 77.2 Å². The van der Waals surface area contributed by atoms with Crippen LogP contribution in [0.2, 0.25) is 0 Å². The van der Waals surface area contributed by atoms with Crippen molar-refractivity contribution in [2.45, 2.75) is 26.7 Å². The van der Waals surface area contributed by atoms with E-state index in [4.69, 9.17) is 0 Å². The molecular formula is C40H32N2. The number of hydrogen-bond acceptors (Lipinski definition) is 0. The summed E-state index contributed by atoms with van der Waals surface area (Å²) < 4.78 is 4.83. The molecule has 0 saturated heterocycles. The fraction of sp³-hybridized carbons (Fsp3) is 0.100. The maximum Gasteiger partial charge on any atom is 0.0541 e. The van der Waals surface area contributed by atoms with Crippen LogP contribution in [-0.2, 0) is 12.8 Å². The quantitative estimate of drug-likeness (QED) is 0.205. The molecule has 2 heteroatoms. The molecule has 8 aromatic rings. The standard InChI is InChI=1S/C40H32N2/c1-3-27-25-29(41-37-17-9-5-13-33(37)34-14-6-10-18-38(34)41)21-23-31(27)32-24-22-30(26-28(32)4-2)42-39-19-11-7-15-35(39)36-16-8-12-20-40(36)42/h5-26H,3-4H2,1-2H3. The van der Waals surface area contributed by atoms with Gasteiger partial charge >= 0.3 is 0 Å². The van der Waals surface area contributed by atoms with Crippen molar-refractivity contribution in [3.8, 4) is 22.5 Å². The Morgan fingerprint density at radius 1 is 0.381 bits per heavy atom. The molecule has 0 aliphatic rings. The van der Waals surface area contributed by atoms with Gasteiger partial charge in [0, 0.05) is 32.9 Å². The Morgan fingerprint density at radius 3 is 1.00 bits per heavy atom. The topological polar surface area (TPSA) is 9.86 Å². The van der Waals surface area contributed by atoms with Gasteiger partial charge in [0.1, 0.15) is 0 Å². The number of nitrogens with zero attached hydrogens (tertiary/aromatic N) is 2. The maximum absolute atomic E-state index is 2.42. The van der Waals surface area contributed by atoms with E-state index in [1.54, 1.807) is 0 Å². The number of aromatic nitrogens is 2. The van der Waals surface area contributed by atoms with Crippen LogP contribution in [0, 0.1) is 0 Å². The van der Waals surface area contributed by atoms with Gasteiger partial charge in [-0.05, 0) is 83.6 Å². The summed E-state index contributed by atoms with van der Waals surface area (Å²) in [5.41, 5.74) is 12.8. The van der Waals surface area contributed by atoms with E-state index in [0.29, 0.717) is 0 Å². The lowest BCUT2D eigenvalue weighted by Gasteiger charge is -2.17. The first-order valence-electron chi connectivity index (χ1n) is 15.0. The molecule has 0 unspecified atom stereocenters. The third-order valence-electron chi connectivity index (χ3n) is 8.91. The first kappa shape index (κ1) is 24.7. The Balaban J connectivity index is 1.29. The van der Waals surface area contributed by atoms with Crippen molar-refractivity contribution >= 4 is 43.6 Å². The minimum absolute atomic E-state index is 0.970. The highest BCUT2D eigenvalue weighted by Crippen LogP contribution is 2.37. The molecule has 0 radical (unpaired) electrons. The van der Waals surface area contributed by atoms with Gasteiger partial charge in [-0.25, -0.2) is 0 Å². The lowest BCUT2D eigenvalue weighted by atomic mass is 9.92. The summed E-state index contributed by atoms with van der Waals surface area (Å²) in [6.07, 6.45) is 1.94. The molecule has 8 rings (SSSR count). The lowest BCUT2D eigenvalue weighted by Crippen LogP contribution is -2.00. The first-order chi connectivity index (χ1) is 20.8. The SMILES string of the molecule is CCc1cc(-n2c3ccccc3c3ccccc32)ccc1-c1ccc(-n2c3ccccc3c3ccccc32)cc1CC. The molecule has 0 aliphatic heterocycles. The van der Waals surface area contributed by atoms with E-state index >= 15 is 0 Å². The average Bonchev–Trinajstić information content (AvgIpc) is 3.57. The summed E-state index contributed by atoms with van der Waals surface area (Å²) in [7, 11) is 0.